The maximum absolute atomic E-state index is 11.0. The number of hydrogen-bond acceptors (Lipinski definition) is 4. The van der Waals surface area contributed by atoms with Gasteiger partial charge in [-0.15, -0.1) is 0 Å². The smallest absolute Gasteiger partial charge is 0.236 e. The third kappa shape index (κ3) is 2.29. The molecule has 0 aromatic carbocycles. The summed E-state index contributed by atoms with van der Waals surface area (Å²) in [7, 11) is 1.69. The van der Waals surface area contributed by atoms with Gasteiger partial charge in [-0.05, 0) is 20.9 Å². The third-order valence-corrected chi connectivity index (χ3v) is 2.01. The SMILES string of the molecule is CNC(Cn1nc(C)nc1C)C(N)=O. The first-order chi connectivity index (χ1) is 6.54. The lowest BCUT2D eigenvalue weighted by Gasteiger charge is -2.12. The van der Waals surface area contributed by atoms with Crippen molar-refractivity contribution >= 4 is 5.91 Å². The molecule has 1 amide bonds. The van der Waals surface area contributed by atoms with Gasteiger partial charge in [-0.1, -0.05) is 0 Å². The Balaban J connectivity index is 2.76. The Morgan fingerprint density at radius 1 is 1.64 bits per heavy atom. The van der Waals surface area contributed by atoms with Crippen molar-refractivity contribution in [2.24, 2.45) is 5.73 Å². The highest BCUT2D eigenvalue weighted by Crippen LogP contribution is 1.97. The zero-order valence-corrected chi connectivity index (χ0v) is 8.61. The molecule has 1 atom stereocenters. The first kappa shape index (κ1) is 10.6. The fraction of sp³-hybridized carbons (Fsp3) is 0.625. The van der Waals surface area contributed by atoms with Crippen LogP contribution in [0.5, 0.6) is 0 Å². The molecule has 78 valence electrons. The van der Waals surface area contributed by atoms with Gasteiger partial charge in [0.1, 0.15) is 17.7 Å². The maximum Gasteiger partial charge on any atom is 0.236 e. The number of nitrogens with zero attached hydrogens (tertiary/aromatic N) is 3. The average Bonchev–Trinajstić information content (AvgIpc) is 2.40. The van der Waals surface area contributed by atoms with E-state index < -0.39 is 6.04 Å². The number of nitrogens with two attached hydrogens (primary N) is 1. The van der Waals surface area contributed by atoms with Crippen LogP contribution in [0.15, 0.2) is 0 Å². The Kier molecular flexibility index (Phi) is 3.19. The van der Waals surface area contributed by atoms with Gasteiger partial charge in [-0.2, -0.15) is 5.10 Å². The number of aromatic nitrogens is 3. The summed E-state index contributed by atoms with van der Waals surface area (Å²) in [5, 5.41) is 6.96. The Bertz CT molecular complexity index is 332. The number of aryl methyl sites for hydroxylation is 2. The van der Waals surface area contributed by atoms with E-state index in [2.05, 4.69) is 15.4 Å². The van der Waals surface area contributed by atoms with Gasteiger partial charge in [0.2, 0.25) is 5.91 Å². The van der Waals surface area contributed by atoms with Crippen LogP contribution in [-0.2, 0) is 11.3 Å². The highest BCUT2D eigenvalue weighted by molar-refractivity contribution is 5.79. The van der Waals surface area contributed by atoms with Gasteiger partial charge in [-0.3, -0.25) is 4.79 Å². The highest BCUT2D eigenvalue weighted by Gasteiger charge is 2.15. The summed E-state index contributed by atoms with van der Waals surface area (Å²) < 4.78 is 1.67. The molecule has 0 fully saturated rings. The summed E-state index contributed by atoms with van der Waals surface area (Å²) in [5.74, 6) is 1.09. The van der Waals surface area contributed by atoms with Gasteiger partial charge >= 0.3 is 0 Å². The average molecular weight is 197 g/mol. The van der Waals surface area contributed by atoms with Crippen LogP contribution in [0.1, 0.15) is 11.6 Å². The van der Waals surface area contributed by atoms with Crippen molar-refractivity contribution in [2.45, 2.75) is 26.4 Å². The highest BCUT2D eigenvalue weighted by atomic mass is 16.1. The summed E-state index contributed by atoms with van der Waals surface area (Å²) in [6.45, 7) is 4.06. The number of primary amides is 1. The number of likely N-dealkylation sites (N-methyl/N-ethyl adjacent to an activating group) is 1. The zero-order valence-electron chi connectivity index (χ0n) is 8.61. The van der Waals surface area contributed by atoms with E-state index in [0.29, 0.717) is 12.4 Å². The Morgan fingerprint density at radius 3 is 2.64 bits per heavy atom. The third-order valence-electron chi connectivity index (χ3n) is 2.01. The molecule has 0 radical (unpaired) electrons. The van der Waals surface area contributed by atoms with Crippen LogP contribution >= 0.6 is 0 Å². The van der Waals surface area contributed by atoms with Gasteiger partial charge in [0.05, 0.1) is 6.54 Å². The van der Waals surface area contributed by atoms with E-state index in [1.165, 1.54) is 0 Å². The largest absolute Gasteiger partial charge is 0.368 e. The number of carbonyl (C=O) groups is 1. The van der Waals surface area contributed by atoms with Crippen molar-refractivity contribution in [3.63, 3.8) is 0 Å². The van der Waals surface area contributed by atoms with Gasteiger partial charge in [-0.25, -0.2) is 9.67 Å². The summed E-state index contributed by atoms with van der Waals surface area (Å²) >= 11 is 0. The Labute approximate surface area is 82.5 Å². The summed E-state index contributed by atoms with van der Waals surface area (Å²) in [6.07, 6.45) is 0. The quantitative estimate of drug-likeness (QED) is 0.646. The lowest BCUT2D eigenvalue weighted by molar-refractivity contribution is -0.120. The monoisotopic (exact) mass is 197 g/mol. The molecule has 3 N–H and O–H groups in total. The van der Waals surface area contributed by atoms with Crippen LogP contribution in [-0.4, -0.2) is 33.8 Å². The minimum atomic E-state index is -0.408. The predicted molar refractivity (Wildman–Crippen MR) is 51.5 cm³/mol. The van der Waals surface area contributed by atoms with Crippen molar-refractivity contribution in [2.75, 3.05) is 7.05 Å². The summed E-state index contributed by atoms with van der Waals surface area (Å²) in [4.78, 5) is 15.1. The molecule has 1 rings (SSSR count). The fourth-order valence-corrected chi connectivity index (χ4v) is 1.23. The first-order valence-corrected chi connectivity index (χ1v) is 4.39. The Morgan fingerprint density at radius 2 is 2.29 bits per heavy atom. The molecule has 1 aromatic rings. The number of nitrogens with one attached hydrogen (secondary N) is 1. The molecule has 0 aliphatic heterocycles. The molecule has 0 saturated carbocycles. The molecule has 0 aliphatic carbocycles. The van der Waals surface area contributed by atoms with Crippen molar-refractivity contribution in [1.82, 2.24) is 20.1 Å². The molecule has 1 aromatic heterocycles. The minimum absolute atomic E-state index is 0.389. The number of hydrogen-bond donors (Lipinski definition) is 2. The second-order valence-corrected chi connectivity index (χ2v) is 3.13. The summed E-state index contributed by atoms with van der Waals surface area (Å²) in [6, 6.07) is -0.408. The van der Waals surface area contributed by atoms with Gasteiger partial charge < -0.3 is 11.1 Å². The van der Waals surface area contributed by atoms with E-state index >= 15 is 0 Å². The molecule has 14 heavy (non-hydrogen) atoms. The molecule has 6 nitrogen and oxygen atoms in total. The van der Waals surface area contributed by atoms with E-state index in [0.717, 1.165) is 5.82 Å². The van der Waals surface area contributed by atoms with E-state index in [9.17, 15) is 4.79 Å². The van der Waals surface area contributed by atoms with E-state index in [1.54, 1.807) is 11.7 Å². The maximum atomic E-state index is 11.0. The molecule has 1 heterocycles. The second kappa shape index (κ2) is 4.19. The van der Waals surface area contributed by atoms with Gasteiger partial charge in [0.25, 0.3) is 0 Å². The van der Waals surface area contributed by atoms with Crippen LogP contribution in [0, 0.1) is 13.8 Å². The number of rotatable bonds is 4. The molecular formula is C8H15N5O. The van der Waals surface area contributed by atoms with Crippen molar-refractivity contribution in [3.05, 3.63) is 11.6 Å². The van der Waals surface area contributed by atoms with E-state index in [-0.39, 0.29) is 5.91 Å². The lowest BCUT2D eigenvalue weighted by Crippen LogP contribution is -2.42. The molecule has 6 heteroatoms. The van der Waals surface area contributed by atoms with Crippen molar-refractivity contribution in [3.8, 4) is 0 Å². The van der Waals surface area contributed by atoms with Gasteiger partial charge in [0, 0.05) is 0 Å². The van der Waals surface area contributed by atoms with Crippen LogP contribution < -0.4 is 11.1 Å². The molecular weight excluding hydrogens is 182 g/mol. The molecule has 1 unspecified atom stereocenters. The number of carbonyl (C=O) groups excluding carboxylic acids is 1. The lowest BCUT2D eigenvalue weighted by atomic mass is 10.3. The standard InChI is InChI=1S/C8H15N5O/c1-5-11-6(2)13(12-5)4-7(10-3)8(9)14/h7,10H,4H2,1-3H3,(H2,9,14). The van der Waals surface area contributed by atoms with Crippen LogP contribution in [0.3, 0.4) is 0 Å². The van der Waals surface area contributed by atoms with Gasteiger partial charge in [0.15, 0.2) is 0 Å². The first-order valence-electron chi connectivity index (χ1n) is 4.39. The number of amides is 1. The molecule has 0 aliphatic rings. The van der Waals surface area contributed by atoms with E-state index in [4.69, 9.17) is 5.73 Å². The fourth-order valence-electron chi connectivity index (χ4n) is 1.23. The summed E-state index contributed by atoms with van der Waals surface area (Å²) in [5.41, 5.74) is 5.19. The van der Waals surface area contributed by atoms with Crippen molar-refractivity contribution in [1.29, 1.82) is 0 Å². The Hall–Kier alpha value is -1.43. The van der Waals surface area contributed by atoms with Crippen molar-refractivity contribution < 1.29 is 4.79 Å². The normalized spacial score (nSPS) is 12.8. The second-order valence-electron chi connectivity index (χ2n) is 3.13. The molecule has 0 bridgehead atoms. The predicted octanol–water partition coefficient (Wildman–Crippen LogP) is -1.03. The van der Waals surface area contributed by atoms with Crippen LogP contribution in [0.4, 0.5) is 0 Å². The molecule has 0 saturated heterocycles. The topological polar surface area (TPSA) is 85.8 Å². The minimum Gasteiger partial charge on any atom is -0.368 e. The zero-order chi connectivity index (χ0) is 10.7. The van der Waals surface area contributed by atoms with Crippen LogP contribution in [0.2, 0.25) is 0 Å². The molecule has 0 spiro atoms. The van der Waals surface area contributed by atoms with Crippen LogP contribution in [0.25, 0.3) is 0 Å². The van der Waals surface area contributed by atoms with E-state index in [1.807, 2.05) is 13.8 Å².